The maximum absolute atomic E-state index is 12.8. The van der Waals surface area contributed by atoms with E-state index in [1.165, 1.54) is 4.31 Å². The number of carbonyl (C=O) groups excluding carboxylic acids is 1. The molecule has 1 saturated heterocycles. The Kier molecular flexibility index (Phi) is 6.24. The average molecular weight is 443 g/mol. The Morgan fingerprint density at radius 3 is 2.58 bits per heavy atom. The van der Waals surface area contributed by atoms with Gasteiger partial charge in [0.2, 0.25) is 15.9 Å². The van der Waals surface area contributed by atoms with Gasteiger partial charge in [-0.1, -0.05) is 0 Å². The summed E-state index contributed by atoms with van der Waals surface area (Å²) in [6.45, 7) is 4.09. The third kappa shape index (κ3) is 4.72. The smallest absolute Gasteiger partial charge is 0.243 e. The van der Waals surface area contributed by atoms with Gasteiger partial charge in [-0.25, -0.2) is 13.4 Å². The van der Waals surface area contributed by atoms with Gasteiger partial charge in [0.05, 0.1) is 28.9 Å². The maximum atomic E-state index is 12.8. The molecule has 31 heavy (non-hydrogen) atoms. The largest absolute Gasteiger partial charge is 0.494 e. The first kappa shape index (κ1) is 21.3. The van der Waals surface area contributed by atoms with E-state index >= 15 is 0 Å². The molecular weight excluding hydrogens is 416 g/mol. The molecule has 0 saturated carbocycles. The van der Waals surface area contributed by atoms with Crippen LogP contribution in [0.25, 0.3) is 11.0 Å². The van der Waals surface area contributed by atoms with E-state index in [0.29, 0.717) is 37.4 Å². The number of benzene rings is 2. The van der Waals surface area contributed by atoms with Gasteiger partial charge in [-0.2, -0.15) is 4.31 Å². The van der Waals surface area contributed by atoms with Gasteiger partial charge in [-0.15, -0.1) is 0 Å². The number of amides is 1. The summed E-state index contributed by atoms with van der Waals surface area (Å²) < 4.78 is 34.3. The van der Waals surface area contributed by atoms with Gasteiger partial charge in [-0.3, -0.25) is 4.79 Å². The number of rotatable bonds is 8. The van der Waals surface area contributed by atoms with Gasteiger partial charge in [0.25, 0.3) is 0 Å². The van der Waals surface area contributed by atoms with Crippen molar-refractivity contribution in [3.63, 3.8) is 0 Å². The Labute approximate surface area is 181 Å². The number of ether oxygens (including phenoxy) is 1. The van der Waals surface area contributed by atoms with E-state index in [2.05, 4.69) is 10.3 Å². The number of nitrogens with zero attached hydrogens (tertiary/aromatic N) is 3. The van der Waals surface area contributed by atoms with Crippen molar-refractivity contribution >= 4 is 32.7 Å². The molecule has 2 heterocycles. The third-order valence-corrected chi connectivity index (χ3v) is 7.22. The molecule has 3 aromatic rings. The lowest BCUT2D eigenvalue weighted by molar-refractivity contribution is -0.116. The van der Waals surface area contributed by atoms with Crippen LogP contribution in [0.2, 0.25) is 0 Å². The summed E-state index contributed by atoms with van der Waals surface area (Å²) in [7, 11) is -3.48. The SMILES string of the molecule is CCOc1ccc(NC(=O)CCn2cnc3cc(S(=O)(=O)N4CCCC4)ccc32)cc1. The first-order valence-electron chi connectivity index (χ1n) is 10.4. The van der Waals surface area contributed by atoms with Gasteiger partial charge in [0.1, 0.15) is 5.75 Å². The molecule has 2 aromatic carbocycles. The standard InChI is InChI=1S/C22H26N4O4S/c1-2-30-18-7-5-17(6-8-18)24-22(27)11-14-25-16-23-20-15-19(9-10-21(20)25)31(28,29)26-12-3-4-13-26/h5-10,15-16H,2-4,11-14H2,1H3,(H,24,27). The number of nitrogens with one attached hydrogen (secondary N) is 1. The van der Waals surface area contributed by atoms with E-state index in [9.17, 15) is 13.2 Å². The number of hydrogen-bond donors (Lipinski definition) is 1. The Balaban J connectivity index is 1.40. The number of aryl methyl sites for hydroxylation is 1. The zero-order valence-corrected chi connectivity index (χ0v) is 18.3. The molecule has 164 valence electrons. The van der Waals surface area contributed by atoms with Crippen molar-refractivity contribution in [2.24, 2.45) is 0 Å². The monoisotopic (exact) mass is 442 g/mol. The van der Waals surface area contributed by atoms with Crippen LogP contribution in [0.4, 0.5) is 5.69 Å². The Morgan fingerprint density at radius 2 is 1.87 bits per heavy atom. The minimum Gasteiger partial charge on any atom is -0.494 e. The lowest BCUT2D eigenvalue weighted by Gasteiger charge is -2.15. The number of hydrogen-bond acceptors (Lipinski definition) is 5. The number of aromatic nitrogens is 2. The number of carbonyl (C=O) groups is 1. The van der Waals surface area contributed by atoms with Gasteiger partial charge in [0.15, 0.2) is 0 Å². The Hall–Kier alpha value is -2.91. The minimum absolute atomic E-state index is 0.112. The summed E-state index contributed by atoms with van der Waals surface area (Å²) in [6, 6.07) is 12.2. The van der Waals surface area contributed by atoms with Crippen LogP contribution < -0.4 is 10.1 Å². The fourth-order valence-electron chi connectivity index (χ4n) is 3.71. The molecule has 0 radical (unpaired) electrons. The molecule has 1 amide bonds. The zero-order valence-electron chi connectivity index (χ0n) is 17.5. The van der Waals surface area contributed by atoms with E-state index in [4.69, 9.17) is 4.74 Å². The molecule has 0 atom stereocenters. The van der Waals surface area contributed by atoms with Gasteiger partial charge < -0.3 is 14.6 Å². The lowest BCUT2D eigenvalue weighted by atomic mass is 10.3. The van der Waals surface area contributed by atoms with Crippen molar-refractivity contribution in [1.29, 1.82) is 0 Å². The number of sulfonamides is 1. The molecule has 0 aliphatic carbocycles. The first-order chi connectivity index (χ1) is 15.0. The van der Waals surface area contributed by atoms with Crippen molar-refractivity contribution in [3.05, 3.63) is 48.8 Å². The molecule has 0 unspecified atom stereocenters. The summed E-state index contributed by atoms with van der Waals surface area (Å²) in [6.07, 6.45) is 3.71. The summed E-state index contributed by atoms with van der Waals surface area (Å²) in [5.41, 5.74) is 2.11. The van der Waals surface area contributed by atoms with E-state index in [1.54, 1.807) is 36.7 Å². The molecule has 1 aliphatic heterocycles. The van der Waals surface area contributed by atoms with E-state index in [0.717, 1.165) is 24.1 Å². The highest BCUT2D eigenvalue weighted by Crippen LogP contribution is 2.24. The van der Waals surface area contributed by atoms with Crippen molar-refractivity contribution < 1.29 is 17.9 Å². The first-order valence-corrected chi connectivity index (χ1v) is 11.9. The predicted molar refractivity (Wildman–Crippen MR) is 119 cm³/mol. The van der Waals surface area contributed by atoms with Crippen molar-refractivity contribution in [1.82, 2.24) is 13.9 Å². The van der Waals surface area contributed by atoms with Crippen LogP contribution in [0.1, 0.15) is 26.2 Å². The Morgan fingerprint density at radius 1 is 1.13 bits per heavy atom. The molecule has 0 bridgehead atoms. The number of anilines is 1. The highest BCUT2D eigenvalue weighted by Gasteiger charge is 2.27. The minimum atomic E-state index is -3.48. The van der Waals surface area contributed by atoms with Crippen LogP contribution in [-0.2, 0) is 21.4 Å². The van der Waals surface area contributed by atoms with Gasteiger partial charge in [-0.05, 0) is 62.2 Å². The molecule has 1 aromatic heterocycles. The number of imidazole rings is 1. The molecular formula is C22H26N4O4S. The van der Waals surface area contributed by atoms with Crippen LogP contribution in [0.5, 0.6) is 5.75 Å². The molecule has 4 rings (SSSR count). The quantitative estimate of drug-likeness (QED) is 0.578. The Bertz CT molecular complexity index is 1170. The topological polar surface area (TPSA) is 93.5 Å². The van der Waals surface area contributed by atoms with Crippen LogP contribution >= 0.6 is 0 Å². The molecule has 0 spiro atoms. The number of fused-ring (bicyclic) bond motifs is 1. The molecule has 1 N–H and O–H groups in total. The average Bonchev–Trinajstić information content (AvgIpc) is 3.44. The fraction of sp³-hybridized carbons (Fsp3) is 0.364. The van der Waals surface area contributed by atoms with Crippen LogP contribution in [0.3, 0.4) is 0 Å². The van der Waals surface area contributed by atoms with E-state index in [1.807, 2.05) is 23.6 Å². The maximum Gasteiger partial charge on any atom is 0.243 e. The summed E-state index contributed by atoms with van der Waals surface area (Å²) in [5, 5.41) is 2.87. The highest BCUT2D eigenvalue weighted by atomic mass is 32.2. The third-order valence-electron chi connectivity index (χ3n) is 5.32. The molecule has 8 nitrogen and oxygen atoms in total. The summed E-state index contributed by atoms with van der Waals surface area (Å²) in [5.74, 6) is 0.649. The molecule has 1 fully saturated rings. The second-order valence-corrected chi connectivity index (χ2v) is 9.39. The zero-order chi connectivity index (χ0) is 21.8. The summed E-state index contributed by atoms with van der Waals surface area (Å²) >= 11 is 0. The van der Waals surface area contributed by atoms with Crippen LogP contribution in [-0.4, -0.2) is 47.9 Å². The second kappa shape index (κ2) is 9.07. The second-order valence-electron chi connectivity index (χ2n) is 7.46. The van der Waals surface area contributed by atoms with Crippen molar-refractivity contribution in [3.8, 4) is 5.75 Å². The lowest BCUT2D eigenvalue weighted by Crippen LogP contribution is -2.27. The normalized spacial score (nSPS) is 14.7. The van der Waals surface area contributed by atoms with Crippen molar-refractivity contribution in [2.75, 3.05) is 25.0 Å². The van der Waals surface area contributed by atoms with Gasteiger partial charge >= 0.3 is 0 Å². The van der Waals surface area contributed by atoms with E-state index < -0.39 is 10.0 Å². The van der Waals surface area contributed by atoms with Crippen LogP contribution in [0.15, 0.2) is 53.7 Å². The summed E-state index contributed by atoms with van der Waals surface area (Å²) in [4.78, 5) is 16.9. The van der Waals surface area contributed by atoms with Crippen molar-refractivity contribution in [2.45, 2.75) is 37.6 Å². The molecule has 1 aliphatic rings. The highest BCUT2D eigenvalue weighted by molar-refractivity contribution is 7.89. The van der Waals surface area contributed by atoms with E-state index in [-0.39, 0.29) is 17.2 Å². The predicted octanol–water partition coefficient (Wildman–Crippen LogP) is 3.25. The van der Waals surface area contributed by atoms with Crippen LogP contribution in [0, 0.1) is 0 Å². The fourth-order valence-corrected chi connectivity index (χ4v) is 5.24. The molecule has 9 heteroatoms. The van der Waals surface area contributed by atoms with Gasteiger partial charge in [0, 0.05) is 31.7 Å².